The zero-order valence-corrected chi connectivity index (χ0v) is 17.2. The molecule has 7 heteroatoms. The number of aromatic hydroxyl groups is 1. The Kier molecular flexibility index (Phi) is 6.45. The number of rotatable bonds is 5. The number of anilines is 1. The van der Waals surface area contributed by atoms with Crippen LogP contribution in [0.25, 0.3) is 0 Å². The van der Waals surface area contributed by atoms with Gasteiger partial charge in [-0.2, -0.15) is 0 Å². The molecule has 0 amide bonds. The summed E-state index contributed by atoms with van der Waals surface area (Å²) in [5.41, 5.74) is 1.98. The van der Waals surface area contributed by atoms with Crippen molar-refractivity contribution in [3.8, 4) is 11.5 Å². The van der Waals surface area contributed by atoms with Crippen molar-refractivity contribution in [2.24, 2.45) is 4.99 Å². The zero-order chi connectivity index (χ0) is 19.2. The first-order valence-corrected chi connectivity index (χ1v) is 9.72. The number of halogens is 1. The van der Waals surface area contributed by atoms with Gasteiger partial charge < -0.3 is 25.4 Å². The molecule has 1 aliphatic rings. The number of hydrogen-bond donors (Lipinski definition) is 3. The number of phenolic OH excluding ortho intramolecular Hbond substituents is 1. The normalized spacial score (nSPS) is 17.1. The van der Waals surface area contributed by atoms with Crippen LogP contribution in [-0.2, 0) is 6.54 Å². The average Bonchev–Trinajstić information content (AvgIpc) is 3.14. The summed E-state index contributed by atoms with van der Waals surface area (Å²) < 4.78 is 6.33. The summed E-state index contributed by atoms with van der Waals surface area (Å²) in [7, 11) is 3.36. The largest absolute Gasteiger partial charge is 0.508 e. The van der Waals surface area contributed by atoms with Crippen molar-refractivity contribution < 1.29 is 9.84 Å². The van der Waals surface area contributed by atoms with Gasteiger partial charge in [-0.15, -0.1) is 0 Å². The van der Waals surface area contributed by atoms with E-state index in [1.807, 2.05) is 12.1 Å². The highest BCUT2D eigenvalue weighted by molar-refractivity contribution is 9.10. The first-order valence-electron chi connectivity index (χ1n) is 8.93. The van der Waals surface area contributed by atoms with E-state index in [1.54, 1.807) is 26.3 Å². The van der Waals surface area contributed by atoms with E-state index < -0.39 is 0 Å². The molecule has 1 atom stereocenters. The summed E-state index contributed by atoms with van der Waals surface area (Å²) in [6, 6.07) is 13.8. The Morgan fingerprint density at radius 1 is 1.33 bits per heavy atom. The van der Waals surface area contributed by atoms with Crippen LogP contribution in [0.2, 0.25) is 0 Å². The number of nitrogens with one attached hydrogen (secondary N) is 2. The van der Waals surface area contributed by atoms with E-state index in [2.05, 4.69) is 54.7 Å². The van der Waals surface area contributed by atoms with Gasteiger partial charge in [-0.1, -0.05) is 12.1 Å². The van der Waals surface area contributed by atoms with Crippen LogP contribution in [0.15, 0.2) is 51.9 Å². The summed E-state index contributed by atoms with van der Waals surface area (Å²) >= 11 is 3.63. The van der Waals surface area contributed by atoms with E-state index in [9.17, 15) is 5.11 Å². The van der Waals surface area contributed by atoms with E-state index in [1.165, 1.54) is 5.69 Å². The summed E-state index contributed by atoms with van der Waals surface area (Å²) in [6.45, 7) is 2.37. The van der Waals surface area contributed by atoms with Gasteiger partial charge in [0.2, 0.25) is 0 Å². The first-order chi connectivity index (χ1) is 13.1. The molecular weight excluding hydrogens is 408 g/mol. The van der Waals surface area contributed by atoms with Crippen LogP contribution in [-0.4, -0.2) is 44.4 Å². The number of hydrogen-bond acceptors (Lipinski definition) is 4. The highest BCUT2D eigenvalue weighted by atomic mass is 79.9. The standard InChI is InChI=1S/C20H25BrN4O2/c1-22-20(23-12-14-11-16(27-2)7-8-19(14)26)24-15-9-10-25(13-15)18-6-4-3-5-17(18)21/h3-8,11,15,26H,9-10,12-13H2,1-2H3,(H2,22,23,24). The molecule has 3 N–H and O–H groups in total. The molecule has 2 aromatic rings. The first kappa shape index (κ1) is 19.4. The van der Waals surface area contributed by atoms with Gasteiger partial charge in [0.25, 0.3) is 0 Å². The Balaban J connectivity index is 1.56. The molecule has 3 rings (SSSR count). The topological polar surface area (TPSA) is 69.1 Å². The Bertz CT molecular complexity index is 812. The molecule has 144 valence electrons. The Hall–Kier alpha value is -2.41. The Labute approximate surface area is 168 Å². The second-order valence-corrected chi connectivity index (χ2v) is 7.30. The van der Waals surface area contributed by atoms with Crippen LogP contribution in [0, 0.1) is 0 Å². The fourth-order valence-corrected chi connectivity index (χ4v) is 3.74. The number of ether oxygens (including phenoxy) is 1. The van der Waals surface area contributed by atoms with Gasteiger partial charge >= 0.3 is 0 Å². The van der Waals surface area contributed by atoms with E-state index in [0.29, 0.717) is 18.3 Å². The van der Waals surface area contributed by atoms with Crippen molar-refractivity contribution in [2.75, 3.05) is 32.1 Å². The highest BCUT2D eigenvalue weighted by Crippen LogP contribution is 2.28. The lowest BCUT2D eigenvalue weighted by molar-refractivity contribution is 0.410. The number of nitrogens with zero attached hydrogens (tertiary/aromatic N) is 2. The second kappa shape index (κ2) is 8.99. The predicted octanol–water partition coefficient (Wildman–Crippen LogP) is 3.11. The zero-order valence-electron chi connectivity index (χ0n) is 15.6. The molecule has 0 aliphatic carbocycles. The number of para-hydroxylation sites is 1. The van der Waals surface area contributed by atoms with Crippen molar-refractivity contribution in [3.05, 3.63) is 52.5 Å². The van der Waals surface area contributed by atoms with Gasteiger partial charge in [0.05, 0.1) is 12.8 Å². The lowest BCUT2D eigenvalue weighted by Crippen LogP contribution is -2.44. The molecule has 27 heavy (non-hydrogen) atoms. The number of benzene rings is 2. The Morgan fingerprint density at radius 2 is 2.15 bits per heavy atom. The molecule has 0 aromatic heterocycles. The fourth-order valence-electron chi connectivity index (χ4n) is 3.20. The molecule has 1 aliphatic heterocycles. The molecule has 0 radical (unpaired) electrons. The number of methoxy groups -OCH3 is 1. The molecule has 6 nitrogen and oxygen atoms in total. The van der Waals surface area contributed by atoms with Crippen LogP contribution in [0.3, 0.4) is 0 Å². The van der Waals surface area contributed by atoms with Crippen molar-refractivity contribution in [3.63, 3.8) is 0 Å². The molecule has 0 bridgehead atoms. The molecule has 0 spiro atoms. The van der Waals surface area contributed by atoms with Crippen molar-refractivity contribution in [2.45, 2.75) is 19.0 Å². The van der Waals surface area contributed by atoms with E-state index in [0.717, 1.165) is 35.5 Å². The third-order valence-corrected chi connectivity index (χ3v) is 5.35. The summed E-state index contributed by atoms with van der Waals surface area (Å²) in [5, 5.41) is 16.8. The Morgan fingerprint density at radius 3 is 2.89 bits per heavy atom. The number of aliphatic imine (C=N–C) groups is 1. The SMILES string of the molecule is CN=C(NCc1cc(OC)ccc1O)NC1CCN(c2ccccc2Br)C1. The predicted molar refractivity (Wildman–Crippen MR) is 113 cm³/mol. The van der Waals surface area contributed by atoms with Gasteiger partial charge in [-0.05, 0) is 52.7 Å². The molecular formula is C20H25BrN4O2. The molecule has 1 unspecified atom stereocenters. The van der Waals surface area contributed by atoms with E-state index in [4.69, 9.17) is 4.74 Å². The lowest BCUT2D eigenvalue weighted by Gasteiger charge is -2.21. The molecule has 2 aromatic carbocycles. The lowest BCUT2D eigenvalue weighted by atomic mass is 10.2. The molecule has 1 saturated heterocycles. The third-order valence-electron chi connectivity index (χ3n) is 4.68. The fraction of sp³-hybridized carbons (Fsp3) is 0.350. The average molecular weight is 433 g/mol. The second-order valence-electron chi connectivity index (χ2n) is 6.45. The third kappa shape index (κ3) is 4.86. The van der Waals surface area contributed by atoms with Gasteiger partial charge in [-0.25, -0.2) is 0 Å². The minimum absolute atomic E-state index is 0.236. The minimum atomic E-state index is 0.236. The van der Waals surface area contributed by atoms with Crippen molar-refractivity contribution in [1.29, 1.82) is 0 Å². The van der Waals surface area contributed by atoms with Gasteiger partial charge in [0, 0.05) is 42.8 Å². The van der Waals surface area contributed by atoms with Crippen LogP contribution in [0.4, 0.5) is 5.69 Å². The summed E-state index contributed by atoms with van der Waals surface area (Å²) in [5.74, 6) is 1.67. The van der Waals surface area contributed by atoms with Crippen LogP contribution in [0.5, 0.6) is 11.5 Å². The maximum atomic E-state index is 10.0. The maximum Gasteiger partial charge on any atom is 0.191 e. The van der Waals surface area contributed by atoms with E-state index in [-0.39, 0.29) is 5.75 Å². The smallest absolute Gasteiger partial charge is 0.191 e. The molecule has 0 saturated carbocycles. The van der Waals surface area contributed by atoms with Crippen LogP contribution >= 0.6 is 15.9 Å². The number of guanidine groups is 1. The summed E-state index contributed by atoms with van der Waals surface area (Å²) in [6.07, 6.45) is 1.03. The number of phenols is 1. The van der Waals surface area contributed by atoms with Crippen molar-refractivity contribution in [1.82, 2.24) is 10.6 Å². The van der Waals surface area contributed by atoms with Crippen LogP contribution < -0.4 is 20.3 Å². The van der Waals surface area contributed by atoms with E-state index >= 15 is 0 Å². The van der Waals surface area contributed by atoms with Gasteiger partial charge in [-0.3, -0.25) is 4.99 Å². The monoisotopic (exact) mass is 432 g/mol. The highest BCUT2D eigenvalue weighted by Gasteiger charge is 2.24. The quantitative estimate of drug-likeness (QED) is 0.500. The van der Waals surface area contributed by atoms with Gasteiger partial charge in [0.1, 0.15) is 11.5 Å². The van der Waals surface area contributed by atoms with Gasteiger partial charge in [0.15, 0.2) is 5.96 Å². The minimum Gasteiger partial charge on any atom is -0.508 e. The van der Waals surface area contributed by atoms with Crippen molar-refractivity contribution >= 4 is 27.6 Å². The summed E-state index contributed by atoms with van der Waals surface area (Å²) in [4.78, 5) is 6.67. The van der Waals surface area contributed by atoms with Crippen LogP contribution in [0.1, 0.15) is 12.0 Å². The molecule has 1 fully saturated rings. The maximum absolute atomic E-state index is 10.0. The molecule has 1 heterocycles.